The van der Waals surface area contributed by atoms with Gasteiger partial charge in [0, 0.05) is 6.07 Å². The molecule has 28 heavy (non-hydrogen) atoms. The van der Waals surface area contributed by atoms with Gasteiger partial charge in [-0.1, -0.05) is 24.0 Å². The van der Waals surface area contributed by atoms with Crippen LogP contribution in [0.15, 0.2) is 35.2 Å². The molecule has 0 aliphatic carbocycles. The van der Waals surface area contributed by atoms with E-state index in [0.29, 0.717) is 42.3 Å². The van der Waals surface area contributed by atoms with Crippen molar-refractivity contribution in [2.75, 3.05) is 18.3 Å². The third-order valence-electron chi connectivity index (χ3n) is 4.06. The predicted octanol–water partition coefficient (Wildman–Crippen LogP) is 4.53. The molecule has 4 rings (SSSR count). The normalized spacial score (nSPS) is 16.9. The van der Waals surface area contributed by atoms with Crippen molar-refractivity contribution >= 4 is 68.6 Å². The molecular formula is C19H14INO5S2. The van der Waals surface area contributed by atoms with E-state index in [0.717, 1.165) is 5.56 Å². The molecule has 0 aromatic heterocycles. The van der Waals surface area contributed by atoms with Gasteiger partial charge in [0.2, 0.25) is 6.79 Å². The smallest absolute Gasteiger partial charge is 0.270 e. The van der Waals surface area contributed by atoms with Crippen LogP contribution in [0.3, 0.4) is 0 Å². The Morgan fingerprint density at radius 1 is 1.32 bits per heavy atom. The lowest BCUT2D eigenvalue weighted by Crippen LogP contribution is -2.27. The third kappa shape index (κ3) is 3.53. The van der Waals surface area contributed by atoms with Crippen molar-refractivity contribution in [3.63, 3.8) is 0 Å². The number of rotatable bonds is 4. The molecule has 0 bridgehead atoms. The van der Waals surface area contributed by atoms with Crippen molar-refractivity contribution < 1.29 is 24.1 Å². The Hall–Kier alpha value is -1.98. The Morgan fingerprint density at radius 3 is 2.89 bits per heavy atom. The van der Waals surface area contributed by atoms with E-state index >= 15 is 0 Å². The molecule has 2 heterocycles. The van der Waals surface area contributed by atoms with Gasteiger partial charge in [0.15, 0.2) is 27.3 Å². The summed E-state index contributed by atoms with van der Waals surface area (Å²) < 4.78 is 17.2. The minimum absolute atomic E-state index is 0.0903. The topological polar surface area (TPSA) is 68.2 Å². The summed E-state index contributed by atoms with van der Waals surface area (Å²) in [5, 5.41) is 10.1. The molecule has 2 aromatic rings. The average Bonchev–Trinajstić information content (AvgIpc) is 3.23. The van der Waals surface area contributed by atoms with Crippen molar-refractivity contribution in [2.24, 2.45) is 0 Å². The number of carbonyl (C=O) groups excluding carboxylic acids is 1. The zero-order valence-corrected chi connectivity index (χ0v) is 18.4. The fourth-order valence-corrected chi connectivity index (χ4v) is 4.73. The zero-order chi connectivity index (χ0) is 19.8. The summed E-state index contributed by atoms with van der Waals surface area (Å²) in [5.74, 6) is 1.49. The third-order valence-corrected chi connectivity index (χ3v) is 6.18. The van der Waals surface area contributed by atoms with Gasteiger partial charge in [0.1, 0.15) is 0 Å². The summed E-state index contributed by atoms with van der Waals surface area (Å²) in [6, 6.07) is 8.76. The predicted molar refractivity (Wildman–Crippen MR) is 120 cm³/mol. The van der Waals surface area contributed by atoms with E-state index in [1.54, 1.807) is 36.4 Å². The first-order valence-electron chi connectivity index (χ1n) is 8.31. The van der Waals surface area contributed by atoms with Crippen LogP contribution in [0, 0.1) is 3.57 Å². The SMILES string of the molecule is CCOc1cc(/C=C2/SC(=S)N(c3ccc4c(c3)OCO4)C2=O)cc(I)c1O. The van der Waals surface area contributed by atoms with Crippen LogP contribution >= 0.6 is 46.6 Å². The molecule has 0 spiro atoms. The van der Waals surface area contributed by atoms with Crippen molar-refractivity contribution in [3.05, 3.63) is 44.4 Å². The molecule has 0 unspecified atom stereocenters. The van der Waals surface area contributed by atoms with Gasteiger partial charge in [-0.05, 0) is 65.4 Å². The van der Waals surface area contributed by atoms with Crippen LogP contribution in [0.2, 0.25) is 0 Å². The fourth-order valence-electron chi connectivity index (χ4n) is 2.81. The van der Waals surface area contributed by atoms with Gasteiger partial charge in [0.05, 0.1) is 20.8 Å². The van der Waals surface area contributed by atoms with Crippen LogP contribution in [0.5, 0.6) is 23.0 Å². The quantitative estimate of drug-likeness (QED) is 0.356. The number of nitrogens with zero attached hydrogens (tertiary/aromatic N) is 1. The monoisotopic (exact) mass is 527 g/mol. The lowest BCUT2D eigenvalue weighted by molar-refractivity contribution is -0.113. The highest BCUT2D eigenvalue weighted by atomic mass is 127. The van der Waals surface area contributed by atoms with Gasteiger partial charge >= 0.3 is 0 Å². The van der Waals surface area contributed by atoms with E-state index in [1.165, 1.54) is 16.7 Å². The van der Waals surface area contributed by atoms with E-state index in [1.807, 2.05) is 29.5 Å². The summed E-state index contributed by atoms with van der Waals surface area (Å²) in [6.45, 7) is 2.44. The molecule has 2 aliphatic heterocycles. The molecule has 1 saturated heterocycles. The van der Waals surface area contributed by atoms with Crippen molar-refractivity contribution in [1.29, 1.82) is 0 Å². The lowest BCUT2D eigenvalue weighted by Gasteiger charge is -2.14. The first-order valence-corrected chi connectivity index (χ1v) is 10.6. The van der Waals surface area contributed by atoms with E-state index < -0.39 is 0 Å². The minimum Gasteiger partial charge on any atom is -0.504 e. The molecule has 9 heteroatoms. The number of fused-ring (bicyclic) bond motifs is 1. The molecule has 2 aromatic carbocycles. The summed E-state index contributed by atoms with van der Waals surface area (Å²) in [5.41, 5.74) is 1.38. The Bertz CT molecular complexity index is 1020. The molecule has 0 saturated carbocycles. The summed E-state index contributed by atoms with van der Waals surface area (Å²) >= 11 is 8.68. The Labute approximate surface area is 184 Å². The Morgan fingerprint density at radius 2 is 2.11 bits per heavy atom. The lowest BCUT2D eigenvalue weighted by atomic mass is 10.2. The number of phenols is 1. The molecule has 1 fully saturated rings. The van der Waals surface area contributed by atoms with Crippen LogP contribution in [-0.2, 0) is 4.79 Å². The van der Waals surface area contributed by atoms with Crippen LogP contribution in [0.4, 0.5) is 5.69 Å². The highest BCUT2D eigenvalue weighted by molar-refractivity contribution is 14.1. The maximum atomic E-state index is 13.0. The van der Waals surface area contributed by atoms with Crippen LogP contribution in [0.1, 0.15) is 12.5 Å². The molecule has 0 atom stereocenters. The summed E-state index contributed by atoms with van der Waals surface area (Å²) in [7, 11) is 0. The van der Waals surface area contributed by atoms with Crippen molar-refractivity contribution in [2.45, 2.75) is 6.92 Å². The van der Waals surface area contributed by atoms with Gasteiger partial charge in [0.25, 0.3) is 5.91 Å². The van der Waals surface area contributed by atoms with E-state index in [-0.39, 0.29) is 18.4 Å². The zero-order valence-electron chi connectivity index (χ0n) is 14.6. The number of thioether (sulfide) groups is 1. The Balaban J connectivity index is 1.66. The number of amides is 1. The minimum atomic E-state index is -0.213. The second kappa shape index (κ2) is 7.80. The largest absolute Gasteiger partial charge is 0.504 e. The maximum Gasteiger partial charge on any atom is 0.270 e. The molecule has 1 amide bonds. The fraction of sp³-hybridized carbons (Fsp3) is 0.158. The van der Waals surface area contributed by atoms with E-state index in [9.17, 15) is 9.90 Å². The van der Waals surface area contributed by atoms with Crippen LogP contribution in [0.25, 0.3) is 6.08 Å². The maximum absolute atomic E-state index is 13.0. The standard InChI is InChI=1S/C19H14INO5S2/c1-2-24-15-6-10(5-12(20)17(15)22)7-16-18(23)21(19(27)28-16)11-3-4-13-14(8-11)26-9-25-13/h3-8,22H,2,9H2,1H3/b16-7+. The molecule has 0 radical (unpaired) electrons. The number of phenolic OH excluding ortho intramolecular Hbond substituents is 1. The van der Waals surface area contributed by atoms with E-state index in [2.05, 4.69) is 0 Å². The molecule has 1 N–H and O–H groups in total. The number of hydrogen-bond donors (Lipinski definition) is 1. The number of anilines is 1. The number of carbonyl (C=O) groups is 1. The highest BCUT2D eigenvalue weighted by Gasteiger charge is 2.34. The van der Waals surface area contributed by atoms with Crippen LogP contribution in [-0.4, -0.2) is 28.7 Å². The second-order valence-corrected chi connectivity index (χ2v) is 8.68. The number of ether oxygens (including phenoxy) is 3. The first kappa shape index (κ1) is 19.3. The van der Waals surface area contributed by atoms with E-state index in [4.69, 9.17) is 26.4 Å². The molecule has 6 nitrogen and oxygen atoms in total. The van der Waals surface area contributed by atoms with Gasteiger partial charge in [-0.15, -0.1) is 0 Å². The van der Waals surface area contributed by atoms with Gasteiger partial charge in [-0.25, -0.2) is 0 Å². The summed E-state index contributed by atoms with van der Waals surface area (Å²) in [6.07, 6.45) is 1.75. The number of aromatic hydroxyl groups is 1. The second-order valence-electron chi connectivity index (χ2n) is 5.84. The van der Waals surface area contributed by atoms with Gasteiger partial charge < -0.3 is 19.3 Å². The summed E-state index contributed by atoms with van der Waals surface area (Å²) in [4.78, 5) is 14.9. The molecule has 144 valence electrons. The van der Waals surface area contributed by atoms with Crippen molar-refractivity contribution in [3.8, 4) is 23.0 Å². The first-order chi connectivity index (χ1) is 13.5. The van der Waals surface area contributed by atoms with Crippen LogP contribution < -0.4 is 19.1 Å². The molecule has 2 aliphatic rings. The van der Waals surface area contributed by atoms with Gasteiger partial charge in [-0.2, -0.15) is 0 Å². The Kier molecular flexibility index (Phi) is 5.39. The van der Waals surface area contributed by atoms with Crippen molar-refractivity contribution in [1.82, 2.24) is 0 Å². The number of halogens is 1. The van der Waals surface area contributed by atoms with Gasteiger partial charge in [-0.3, -0.25) is 9.69 Å². The molecular weight excluding hydrogens is 513 g/mol. The number of hydrogen-bond acceptors (Lipinski definition) is 7. The number of thiocarbonyl (C=S) groups is 1. The number of benzene rings is 2. The highest BCUT2D eigenvalue weighted by Crippen LogP contribution is 2.41. The average molecular weight is 527 g/mol.